The fraction of sp³-hybridized carbons (Fsp3) is 0.231. The van der Waals surface area contributed by atoms with Gasteiger partial charge in [0, 0.05) is 4.88 Å². The van der Waals surface area contributed by atoms with Crippen molar-refractivity contribution in [1.82, 2.24) is 4.98 Å². The van der Waals surface area contributed by atoms with Crippen LogP contribution in [-0.2, 0) is 12.8 Å². The van der Waals surface area contributed by atoms with Gasteiger partial charge in [-0.1, -0.05) is 17.7 Å². The molecule has 1 heterocycles. The Bertz CT molecular complexity index is 632. The van der Waals surface area contributed by atoms with Crippen molar-refractivity contribution in [2.45, 2.75) is 19.3 Å². The number of rotatable bonds is 2. The highest BCUT2D eigenvalue weighted by Crippen LogP contribution is 2.31. The van der Waals surface area contributed by atoms with Crippen LogP contribution in [0.4, 0.5) is 10.8 Å². The fourth-order valence-corrected chi connectivity index (χ4v) is 3.39. The van der Waals surface area contributed by atoms with Gasteiger partial charge in [-0.25, -0.2) is 4.98 Å². The molecule has 98 valence electrons. The number of hydrogen-bond donors (Lipinski definition) is 2. The van der Waals surface area contributed by atoms with E-state index >= 15 is 0 Å². The minimum Gasteiger partial charge on any atom is -0.398 e. The molecule has 19 heavy (non-hydrogen) atoms. The van der Waals surface area contributed by atoms with Crippen LogP contribution in [0.3, 0.4) is 0 Å². The lowest BCUT2D eigenvalue weighted by atomic mass is 10.2. The number of benzene rings is 1. The number of nitrogen functional groups attached to an aromatic ring is 1. The van der Waals surface area contributed by atoms with Crippen LogP contribution in [0.1, 0.15) is 27.3 Å². The van der Waals surface area contributed by atoms with Crippen molar-refractivity contribution < 1.29 is 4.79 Å². The van der Waals surface area contributed by atoms with Gasteiger partial charge >= 0.3 is 0 Å². The highest BCUT2D eigenvalue weighted by molar-refractivity contribution is 7.16. The molecule has 3 rings (SSSR count). The zero-order valence-corrected chi connectivity index (χ0v) is 11.6. The first kappa shape index (κ1) is 12.4. The van der Waals surface area contributed by atoms with Gasteiger partial charge in [0.25, 0.3) is 5.91 Å². The Labute approximate surface area is 119 Å². The zero-order chi connectivity index (χ0) is 13.4. The minimum atomic E-state index is -0.273. The van der Waals surface area contributed by atoms with Crippen molar-refractivity contribution in [2.24, 2.45) is 0 Å². The number of nitrogens with zero attached hydrogens (tertiary/aromatic N) is 1. The number of thiazole rings is 1. The Hall–Kier alpha value is -1.59. The Balaban J connectivity index is 1.82. The summed E-state index contributed by atoms with van der Waals surface area (Å²) in [6, 6.07) is 5.02. The molecule has 2 aromatic rings. The van der Waals surface area contributed by atoms with E-state index < -0.39 is 0 Å². The number of anilines is 2. The summed E-state index contributed by atoms with van der Waals surface area (Å²) in [4.78, 5) is 17.8. The van der Waals surface area contributed by atoms with Crippen molar-refractivity contribution in [3.8, 4) is 0 Å². The van der Waals surface area contributed by atoms with Gasteiger partial charge in [0.2, 0.25) is 0 Å². The van der Waals surface area contributed by atoms with Crippen molar-refractivity contribution in [1.29, 1.82) is 0 Å². The van der Waals surface area contributed by atoms with Crippen molar-refractivity contribution in [3.63, 3.8) is 0 Å². The summed E-state index contributed by atoms with van der Waals surface area (Å²) in [6.45, 7) is 0. The molecule has 1 aromatic heterocycles. The fourth-order valence-electron chi connectivity index (χ4n) is 2.13. The first-order chi connectivity index (χ1) is 9.15. The highest BCUT2D eigenvalue weighted by atomic mass is 35.5. The number of aryl methyl sites for hydroxylation is 2. The summed E-state index contributed by atoms with van der Waals surface area (Å²) in [5, 5.41) is 3.70. The molecule has 0 unspecified atom stereocenters. The summed E-state index contributed by atoms with van der Waals surface area (Å²) < 4.78 is 0. The van der Waals surface area contributed by atoms with E-state index in [9.17, 15) is 4.79 Å². The van der Waals surface area contributed by atoms with Gasteiger partial charge in [0.1, 0.15) is 0 Å². The summed E-state index contributed by atoms with van der Waals surface area (Å²) in [7, 11) is 0. The Morgan fingerprint density at radius 1 is 1.42 bits per heavy atom. The van der Waals surface area contributed by atoms with E-state index in [0.717, 1.165) is 25.0 Å². The van der Waals surface area contributed by atoms with Crippen LogP contribution in [0.25, 0.3) is 0 Å². The quantitative estimate of drug-likeness (QED) is 0.836. The molecule has 0 atom stereocenters. The predicted octanol–water partition coefficient (Wildman–Crippen LogP) is 3.12. The number of halogens is 1. The molecule has 0 spiro atoms. The summed E-state index contributed by atoms with van der Waals surface area (Å²) in [6.07, 6.45) is 3.21. The normalized spacial score (nSPS) is 13.3. The van der Waals surface area contributed by atoms with E-state index in [-0.39, 0.29) is 10.9 Å². The van der Waals surface area contributed by atoms with Gasteiger partial charge in [0.05, 0.1) is 22.0 Å². The van der Waals surface area contributed by atoms with Gasteiger partial charge in [-0.05, 0) is 31.4 Å². The third kappa shape index (κ3) is 2.31. The van der Waals surface area contributed by atoms with Gasteiger partial charge in [-0.3, -0.25) is 10.1 Å². The number of amides is 1. The molecule has 1 aliphatic rings. The highest BCUT2D eigenvalue weighted by Gasteiger charge is 2.19. The molecule has 0 bridgehead atoms. The summed E-state index contributed by atoms with van der Waals surface area (Å²) in [5.74, 6) is -0.273. The van der Waals surface area contributed by atoms with Gasteiger partial charge in [-0.15, -0.1) is 11.3 Å². The second-order valence-electron chi connectivity index (χ2n) is 4.41. The van der Waals surface area contributed by atoms with Crippen LogP contribution in [0.5, 0.6) is 0 Å². The maximum atomic E-state index is 12.1. The first-order valence-corrected chi connectivity index (χ1v) is 7.18. The Morgan fingerprint density at radius 3 is 3.05 bits per heavy atom. The maximum Gasteiger partial charge on any atom is 0.259 e. The molecule has 4 nitrogen and oxygen atoms in total. The molecule has 0 saturated heterocycles. The van der Waals surface area contributed by atoms with Crippen LogP contribution in [0, 0.1) is 0 Å². The van der Waals surface area contributed by atoms with E-state index in [1.54, 1.807) is 18.2 Å². The van der Waals surface area contributed by atoms with Gasteiger partial charge in [-0.2, -0.15) is 0 Å². The van der Waals surface area contributed by atoms with Crippen LogP contribution in [0.2, 0.25) is 5.02 Å². The van der Waals surface area contributed by atoms with E-state index in [2.05, 4.69) is 10.3 Å². The molecular weight excluding hydrogens is 282 g/mol. The largest absolute Gasteiger partial charge is 0.398 e. The van der Waals surface area contributed by atoms with Crippen LogP contribution in [-0.4, -0.2) is 10.9 Å². The summed E-state index contributed by atoms with van der Waals surface area (Å²) in [5.41, 5.74) is 7.57. The van der Waals surface area contributed by atoms with Crippen LogP contribution < -0.4 is 11.1 Å². The van der Waals surface area contributed by atoms with Crippen molar-refractivity contribution in [2.75, 3.05) is 11.1 Å². The van der Waals surface area contributed by atoms with E-state index in [4.69, 9.17) is 17.3 Å². The number of carbonyl (C=O) groups excluding carboxylic acids is 1. The maximum absolute atomic E-state index is 12.1. The molecule has 1 aromatic carbocycles. The second-order valence-corrected chi connectivity index (χ2v) is 5.87. The Kier molecular flexibility index (Phi) is 3.16. The number of carbonyl (C=O) groups is 1. The van der Waals surface area contributed by atoms with E-state index in [1.807, 2.05) is 0 Å². The molecule has 1 aliphatic carbocycles. The van der Waals surface area contributed by atoms with Gasteiger partial charge < -0.3 is 5.73 Å². The molecule has 1 amide bonds. The third-order valence-corrected chi connectivity index (χ3v) is 4.58. The number of aromatic nitrogens is 1. The number of nitrogens with two attached hydrogens (primary N) is 1. The van der Waals surface area contributed by atoms with Crippen molar-refractivity contribution in [3.05, 3.63) is 39.4 Å². The third-order valence-electron chi connectivity index (χ3n) is 3.09. The predicted molar refractivity (Wildman–Crippen MR) is 78.0 cm³/mol. The topological polar surface area (TPSA) is 68.0 Å². The smallest absolute Gasteiger partial charge is 0.259 e. The molecule has 0 fully saturated rings. The monoisotopic (exact) mass is 293 g/mol. The first-order valence-electron chi connectivity index (χ1n) is 5.99. The van der Waals surface area contributed by atoms with E-state index in [0.29, 0.717) is 16.4 Å². The van der Waals surface area contributed by atoms with Gasteiger partial charge in [0.15, 0.2) is 5.13 Å². The SMILES string of the molecule is Nc1cccc(C(=O)Nc2nc3c(s2)CCC3)c1Cl. The number of hydrogen-bond acceptors (Lipinski definition) is 4. The summed E-state index contributed by atoms with van der Waals surface area (Å²) >= 11 is 7.56. The number of fused-ring (bicyclic) bond motifs is 1. The molecule has 0 aliphatic heterocycles. The average molecular weight is 294 g/mol. The second kappa shape index (κ2) is 4.83. The standard InChI is InChI=1S/C13H12ClN3OS/c14-11-7(3-1-4-8(11)15)12(18)17-13-16-9-5-2-6-10(9)19-13/h1,3-4H,2,5-6,15H2,(H,16,17,18). The molecule has 3 N–H and O–H groups in total. The van der Waals surface area contributed by atoms with Crippen molar-refractivity contribution >= 4 is 39.7 Å². The molecule has 0 saturated carbocycles. The average Bonchev–Trinajstić information content (AvgIpc) is 2.93. The lowest BCUT2D eigenvalue weighted by Gasteiger charge is -2.05. The molecule has 0 radical (unpaired) electrons. The van der Waals surface area contributed by atoms with E-state index in [1.165, 1.54) is 16.2 Å². The Morgan fingerprint density at radius 2 is 2.26 bits per heavy atom. The van der Waals surface area contributed by atoms with Crippen LogP contribution >= 0.6 is 22.9 Å². The zero-order valence-electron chi connectivity index (χ0n) is 10.1. The lowest BCUT2D eigenvalue weighted by Crippen LogP contribution is -2.13. The molecule has 6 heteroatoms. The van der Waals surface area contributed by atoms with Crippen LogP contribution in [0.15, 0.2) is 18.2 Å². The number of nitrogens with one attached hydrogen (secondary N) is 1. The molecular formula is C13H12ClN3OS. The lowest BCUT2D eigenvalue weighted by molar-refractivity contribution is 0.102. The minimum absolute atomic E-state index is 0.273.